The number of aromatic carboxylic acids is 1. The molecular formula is C16H15NO4. The molecule has 0 unspecified atom stereocenters. The standard InChI is InChI=1S/C16H15NO4/c1-17(13-9-5-3-7-11(13)16(19)20)15(18)12-8-4-6-10-14(12)21-2/h3-10H,1-2H3,(H,19,20). The molecule has 0 fully saturated rings. The molecule has 2 rings (SSSR count). The van der Waals surface area contributed by atoms with Gasteiger partial charge in [-0.25, -0.2) is 4.79 Å². The SMILES string of the molecule is COc1ccccc1C(=O)N(C)c1ccccc1C(=O)O. The number of carbonyl (C=O) groups is 2. The Morgan fingerprint density at radius 1 is 1.00 bits per heavy atom. The van der Waals surface area contributed by atoms with Gasteiger partial charge in [0.1, 0.15) is 5.75 Å². The predicted molar refractivity (Wildman–Crippen MR) is 79.1 cm³/mol. The predicted octanol–water partition coefficient (Wildman–Crippen LogP) is 2.67. The van der Waals surface area contributed by atoms with Crippen LogP contribution in [0.1, 0.15) is 20.7 Å². The van der Waals surface area contributed by atoms with E-state index < -0.39 is 5.97 Å². The van der Waals surface area contributed by atoms with Crippen LogP contribution >= 0.6 is 0 Å². The lowest BCUT2D eigenvalue weighted by Gasteiger charge is -2.20. The molecule has 0 aliphatic heterocycles. The van der Waals surface area contributed by atoms with Gasteiger partial charge in [0.05, 0.1) is 23.9 Å². The highest BCUT2D eigenvalue weighted by molar-refractivity contribution is 6.10. The van der Waals surface area contributed by atoms with Crippen LogP contribution in [0.4, 0.5) is 5.69 Å². The summed E-state index contributed by atoms with van der Waals surface area (Å²) in [7, 11) is 3.02. The molecule has 0 saturated carbocycles. The second kappa shape index (κ2) is 6.09. The fraction of sp³-hybridized carbons (Fsp3) is 0.125. The Hall–Kier alpha value is -2.82. The van der Waals surface area contributed by atoms with Crippen molar-refractivity contribution in [1.29, 1.82) is 0 Å². The van der Waals surface area contributed by atoms with Crippen LogP contribution in [0.2, 0.25) is 0 Å². The van der Waals surface area contributed by atoms with E-state index in [2.05, 4.69) is 0 Å². The molecule has 0 radical (unpaired) electrons. The van der Waals surface area contributed by atoms with Crippen molar-refractivity contribution in [1.82, 2.24) is 0 Å². The Kier molecular flexibility index (Phi) is 4.23. The minimum absolute atomic E-state index is 0.0725. The van der Waals surface area contributed by atoms with Crippen molar-refractivity contribution >= 4 is 17.6 Å². The smallest absolute Gasteiger partial charge is 0.337 e. The number of rotatable bonds is 4. The Morgan fingerprint density at radius 3 is 2.19 bits per heavy atom. The van der Waals surface area contributed by atoms with Gasteiger partial charge in [0.15, 0.2) is 0 Å². The van der Waals surface area contributed by atoms with Crippen molar-refractivity contribution in [3.8, 4) is 5.75 Å². The fourth-order valence-electron chi connectivity index (χ4n) is 2.06. The summed E-state index contributed by atoms with van der Waals surface area (Å²) in [6.07, 6.45) is 0. The molecule has 0 aliphatic carbocycles. The molecule has 5 heteroatoms. The van der Waals surface area contributed by atoms with Gasteiger partial charge in [-0.2, -0.15) is 0 Å². The number of anilines is 1. The van der Waals surface area contributed by atoms with Crippen LogP contribution in [0.5, 0.6) is 5.75 Å². The number of benzene rings is 2. The number of nitrogens with zero attached hydrogens (tertiary/aromatic N) is 1. The molecular weight excluding hydrogens is 270 g/mol. The maximum atomic E-state index is 12.6. The van der Waals surface area contributed by atoms with Crippen LogP contribution in [0.3, 0.4) is 0 Å². The lowest BCUT2D eigenvalue weighted by Crippen LogP contribution is -2.28. The summed E-state index contributed by atoms with van der Waals surface area (Å²) in [5, 5.41) is 9.20. The van der Waals surface area contributed by atoms with Crippen LogP contribution in [-0.2, 0) is 0 Å². The third-order valence-corrected chi connectivity index (χ3v) is 3.14. The van der Waals surface area contributed by atoms with E-state index in [1.807, 2.05) is 0 Å². The first-order chi connectivity index (χ1) is 10.1. The van der Waals surface area contributed by atoms with Gasteiger partial charge in [-0.15, -0.1) is 0 Å². The highest BCUT2D eigenvalue weighted by Gasteiger charge is 2.21. The number of methoxy groups -OCH3 is 1. The monoisotopic (exact) mass is 285 g/mol. The average Bonchev–Trinajstić information content (AvgIpc) is 2.53. The van der Waals surface area contributed by atoms with Gasteiger partial charge in [0.2, 0.25) is 0 Å². The molecule has 5 nitrogen and oxygen atoms in total. The number of para-hydroxylation sites is 2. The van der Waals surface area contributed by atoms with Gasteiger partial charge >= 0.3 is 5.97 Å². The van der Waals surface area contributed by atoms with Crippen molar-refractivity contribution in [3.05, 3.63) is 59.7 Å². The normalized spacial score (nSPS) is 10.0. The topological polar surface area (TPSA) is 66.8 Å². The van der Waals surface area contributed by atoms with Crippen LogP contribution < -0.4 is 9.64 Å². The Balaban J connectivity index is 2.43. The summed E-state index contributed by atoms with van der Waals surface area (Å²) in [4.78, 5) is 25.1. The highest BCUT2D eigenvalue weighted by Crippen LogP contribution is 2.24. The minimum atomic E-state index is -1.08. The van der Waals surface area contributed by atoms with Crippen molar-refractivity contribution in [2.75, 3.05) is 19.1 Å². The van der Waals surface area contributed by atoms with Gasteiger partial charge in [-0.05, 0) is 24.3 Å². The highest BCUT2D eigenvalue weighted by atomic mass is 16.5. The van der Waals surface area contributed by atoms with E-state index in [9.17, 15) is 14.7 Å². The number of amides is 1. The molecule has 1 N–H and O–H groups in total. The Bertz CT molecular complexity index is 681. The van der Waals surface area contributed by atoms with Crippen molar-refractivity contribution in [3.63, 3.8) is 0 Å². The van der Waals surface area contributed by atoms with E-state index in [0.717, 1.165) is 0 Å². The zero-order valence-electron chi connectivity index (χ0n) is 11.7. The molecule has 0 atom stereocenters. The van der Waals surface area contributed by atoms with Crippen LogP contribution in [0, 0.1) is 0 Å². The summed E-state index contributed by atoms with van der Waals surface area (Å²) >= 11 is 0. The minimum Gasteiger partial charge on any atom is -0.496 e. The van der Waals surface area contributed by atoms with E-state index in [1.54, 1.807) is 42.5 Å². The molecule has 21 heavy (non-hydrogen) atoms. The molecule has 0 bridgehead atoms. The second-order valence-electron chi connectivity index (χ2n) is 4.39. The molecule has 0 saturated heterocycles. The Labute approximate surface area is 122 Å². The number of carboxylic acids is 1. The first kappa shape index (κ1) is 14.6. The summed E-state index contributed by atoms with van der Waals surface area (Å²) in [6, 6.07) is 13.2. The summed E-state index contributed by atoms with van der Waals surface area (Å²) in [6.45, 7) is 0. The van der Waals surface area contributed by atoms with Crippen LogP contribution in [0.25, 0.3) is 0 Å². The van der Waals surface area contributed by atoms with Crippen LogP contribution in [-0.4, -0.2) is 31.1 Å². The lowest BCUT2D eigenvalue weighted by molar-refractivity contribution is 0.0697. The number of carbonyl (C=O) groups excluding carboxylic acids is 1. The molecule has 108 valence electrons. The summed E-state index contributed by atoms with van der Waals surface area (Å²) < 4.78 is 5.17. The maximum absolute atomic E-state index is 12.6. The molecule has 2 aromatic rings. The zero-order valence-corrected chi connectivity index (χ0v) is 11.7. The first-order valence-corrected chi connectivity index (χ1v) is 6.29. The summed E-state index contributed by atoms with van der Waals surface area (Å²) in [5.74, 6) is -0.964. The molecule has 0 aliphatic rings. The third kappa shape index (κ3) is 2.86. The summed E-state index contributed by atoms with van der Waals surface area (Å²) in [5.41, 5.74) is 0.784. The third-order valence-electron chi connectivity index (χ3n) is 3.14. The largest absolute Gasteiger partial charge is 0.496 e. The van der Waals surface area contributed by atoms with Gasteiger partial charge in [-0.1, -0.05) is 24.3 Å². The number of carboxylic acid groups (broad SMARTS) is 1. The van der Waals surface area contributed by atoms with Gasteiger partial charge in [0, 0.05) is 7.05 Å². The van der Waals surface area contributed by atoms with Gasteiger partial charge in [-0.3, -0.25) is 4.79 Å². The molecule has 2 aromatic carbocycles. The van der Waals surface area contributed by atoms with E-state index in [0.29, 0.717) is 17.0 Å². The number of hydrogen-bond donors (Lipinski definition) is 1. The van der Waals surface area contributed by atoms with Crippen LogP contribution in [0.15, 0.2) is 48.5 Å². The van der Waals surface area contributed by atoms with E-state index in [4.69, 9.17) is 4.74 Å². The Morgan fingerprint density at radius 2 is 1.57 bits per heavy atom. The molecule has 0 aromatic heterocycles. The van der Waals surface area contributed by atoms with E-state index >= 15 is 0 Å². The van der Waals surface area contributed by atoms with Gasteiger partial charge in [0.25, 0.3) is 5.91 Å². The van der Waals surface area contributed by atoms with Gasteiger partial charge < -0.3 is 14.7 Å². The van der Waals surface area contributed by atoms with E-state index in [1.165, 1.54) is 25.1 Å². The zero-order chi connectivity index (χ0) is 15.4. The average molecular weight is 285 g/mol. The van der Waals surface area contributed by atoms with E-state index in [-0.39, 0.29) is 11.5 Å². The second-order valence-corrected chi connectivity index (χ2v) is 4.39. The van der Waals surface area contributed by atoms with Crippen molar-refractivity contribution in [2.24, 2.45) is 0 Å². The molecule has 0 spiro atoms. The number of hydrogen-bond acceptors (Lipinski definition) is 3. The quantitative estimate of drug-likeness (QED) is 0.937. The first-order valence-electron chi connectivity index (χ1n) is 6.29. The maximum Gasteiger partial charge on any atom is 0.337 e. The van der Waals surface area contributed by atoms with Crippen molar-refractivity contribution < 1.29 is 19.4 Å². The fourth-order valence-corrected chi connectivity index (χ4v) is 2.06. The molecule has 1 amide bonds. The molecule has 0 heterocycles. The number of ether oxygens (including phenoxy) is 1. The lowest BCUT2D eigenvalue weighted by atomic mass is 10.1. The van der Waals surface area contributed by atoms with Crippen molar-refractivity contribution in [2.45, 2.75) is 0 Å².